The van der Waals surface area contributed by atoms with Crippen LogP contribution in [0.3, 0.4) is 0 Å². The average Bonchev–Trinajstić information content (AvgIpc) is 3.46. The van der Waals surface area contributed by atoms with Crippen LogP contribution in [-0.4, -0.2) is 53.6 Å². The minimum Gasteiger partial charge on any atom is -0.467 e. The highest BCUT2D eigenvalue weighted by Crippen LogP contribution is 2.33. The highest BCUT2D eigenvalue weighted by atomic mass is 16.7. The standard InChI is InChI=1S/C24H30N2O7/c1-4-30-24(29)10-9-22(27)26(17(2)3)15-23(28)25(14-19-6-5-11-31-19)13-18-7-8-20-21(12-18)33-16-32-20/h5-8,11-12,17H,4,9-10,13-16H2,1-3H3. The van der Waals surface area contributed by atoms with E-state index in [0.717, 1.165) is 5.56 Å². The van der Waals surface area contributed by atoms with Crippen LogP contribution >= 0.6 is 0 Å². The maximum absolute atomic E-state index is 13.3. The van der Waals surface area contributed by atoms with Gasteiger partial charge in [0, 0.05) is 19.0 Å². The fourth-order valence-electron chi connectivity index (χ4n) is 3.47. The lowest BCUT2D eigenvalue weighted by atomic mass is 10.1. The second-order valence-electron chi connectivity index (χ2n) is 7.94. The number of rotatable bonds is 11. The smallest absolute Gasteiger partial charge is 0.306 e. The summed E-state index contributed by atoms with van der Waals surface area (Å²) in [7, 11) is 0. The minimum atomic E-state index is -0.428. The van der Waals surface area contributed by atoms with Gasteiger partial charge >= 0.3 is 5.97 Å². The van der Waals surface area contributed by atoms with Gasteiger partial charge in [-0.1, -0.05) is 6.07 Å². The van der Waals surface area contributed by atoms with Gasteiger partial charge in [-0.3, -0.25) is 14.4 Å². The van der Waals surface area contributed by atoms with Gasteiger partial charge in [-0.05, 0) is 50.6 Å². The molecule has 0 spiro atoms. The number of ether oxygens (including phenoxy) is 3. The van der Waals surface area contributed by atoms with Gasteiger partial charge in [-0.15, -0.1) is 0 Å². The molecule has 0 saturated carbocycles. The Bertz CT molecular complexity index is 956. The van der Waals surface area contributed by atoms with E-state index in [1.807, 2.05) is 32.0 Å². The van der Waals surface area contributed by atoms with Crippen molar-refractivity contribution in [2.75, 3.05) is 19.9 Å². The average molecular weight is 459 g/mol. The third kappa shape index (κ3) is 6.74. The molecular weight excluding hydrogens is 428 g/mol. The maximum Gasteiger partial charge on any atom is 0.306 e. The number of hydrogen-bond acceptors (Lipinski definition) is 7. The van der Waals surface area contributed by atoms with E-state index in [1.165, 1.54) is 4.90 Å². The fourth-order valence-corrected chi connectivity index (χ4v) is 3.47. The van der Waals surface area contributed by atoms with Crippen molar-refractivity contribution >= 4 is 17.8 Å². The zero-order valence-corrected chi connectivity index (χ0v) is 19.2. The zero-order chi connectivity index (χ0) is 23.8. The first-order valence-corrected chi connectivity index (χ1v) is 11.0. The normalized spacial score (nSPS) is 12.0. The van der Waals surface area contributed by atoms with Crippen molar-refractivity contribution in [3.05, 3.63) is 47.9 Å². The van der Waals surface area contributed by atoms with E-state index in [2.05, 4.69) is 0 Å². The molecule has 0 atom stereocenters. The Morgan fingerprint density at radius 3 is 2.52 bits per heavy atom. The summed E-state index contributed by atoms with van der Waals surface area (Å²) in [6, 6.07) is 8.88. The first kappa shape index (κ1) is 24.2. The Morgan fingerprint density at radius 1 is 1.03 bits per heavy atom. The summed E-state index contributed by atoms with van der Waals surface area (Å²) in [5.41, 5.74) is 0.865. The molecule has 1 aromatic heterocycles. The van der Waals surface area contributed by atoms with E-state index in [4.69, 9.17) is 18.6 Å². The number of hydrogen-bond donors (Lipinski definition) is 0. The van der Waals surface area contributed by atoms with Crippen molar-refractivity contribution in [3.63, 3.8) is 0 Å². The molecule has 2 aromatic rings. The van der Waals surface area contributed by atoms with E-state index in [1.54, 1.807) is 30.2 Å². The van der Waals surface area contributed by atoms with Gasteiger partial charge in [-0.25, -0.2) is 0 Å². The third-order valence-corrected chi connectivity index (χ3v) is 5.19. The van der Waals surface area contributed by atoms with Crippen LogP contribution in [0.4, 0.5) is 0 Å². The van der Waals surface area contributed by atoms with Crippen molar-refractivity contribution in [2.45, 2.75) is 52.7 Å². The number of fused-ring (bicyclic) bond motifs is 1. The number of carbonyl (C=O) groups is 3. The Kier molecular flexibility index (Phi) is 8.34. The third-order valence-electron chi connectivity index (χ3n) is 5.19. The second kappa shape index (κ2) is 11.4. The van der Waals surface area contributed by atoms with E-state index in [0.29, 0.717) is 23.8 Å². The lowest BCUT2D eigenvalue weighted by molar-refractivity contribution is -0.147. The molecule has 0 unspecified atom stereocenters. The zero-order valence-electron chi connectivity index (χ0n) is 19.2. The van der Waals surface area contributed by atoms with Crippen molar-refractivity contribution in [1.29, 1.82) is 0 Å². The van der Waals surface area contributed by atoms with Crippen LogP contribution in [0.25, 0.3) is 0 Å². The summed E-state index contributed by atoms with van der Waals surface area (Å²) in [5, 5.41) is 0. The van der Waals surface area contributed by atoms with Crippen LogP contribution < -0.4 is 9.47 Å². The monoisotopic (exact) mass is 458 g/mol. The van der Waals surface area contributed by atoms with Crippen LogP contribution in [0.5, 0.6) is 11.5 Å². The molecule has 0 bridgehead atoms. The number of amides is 2. The molecule has 0 N–H and O–H groups in total. The van der Waals surface area contributed by atoms with Gasteiger partial charge in [0.2, 0.25) is 18.6 Å². The molecule has 9 heteroatoms. The second-order valence-corrected chi connectivity index (χ2v) is 7.94. The Hall–Kier alpha value is -3.49. The number of nitrogens with zero attached hydrogens (tertiary/aromatic N) is 2. The summed E-state index contributed by atoms with van der Waals surface area (Å²) in [6.45, 7) is 6.28. The predicted molar refractivity (Wildman–Crippen MR) is 118 cm³/mol. The van der Waals surface area contributed by atoms with E-state index < -0.39 is 5.97 Å². The van der Waals surface area contributed by atoms with Crippen LogP contribution in [0.2, 0.25) is 0 Å². The topological polar surface area (TPSA) is 98.5 Å². The lowest BCUT2D eigenvalue weighted by Crippen LogP contribution is -2.45. The highest BCUT2D eigenvalue weighted by Gasteiger charge is 2.25. The van der Waals surface area contributed by atoms with Crippen molar-refractivity contribution in [1.82, 2.24) is 9.80 Å². The van der Waals surface area contributed by atoms with Gasteiger partial charge in [0.05, 0.1) is 32.4 Å². The van der Waals surface area contributed by atoms with Crippen molar-refractivity contribution in [3.8, 4) is 11.5 Å². The Balaban J connectivity index is 1.70. The van der Waals surface area contributed by atoms with Gasteiger partial charge < -0.3 is 28.4 Å². The molecule has 2 amide bonds. The molecular formula is C24H30N2O7. The Labute approximate surface area is 193 Å². The van der Waals surface area contributed by atoms with E-state index >= 15 is 0 Å². The maximum atomic E-state index is 13.3. The van der Waals surface area contributed by atoms with Crippen LogP contribution in [0.15, 0.2) is 41.0 Å². The SMILES string of the molecule is CCOC(=O)CCC(=O)N(CC(=O)N(Cc1ccc2c(c1)OCO2)Cc1ccco1)C(C)C. The molecule has 9 nitrogen and oxygen atoms in total. The summed E-state index contributed by atoms with van der Waals surface area (Å²) in [4.78, 5) is 40.8. The molecule has 0 radical (unpaired) electrons. The van der Waals surface area contributed by atoms with Crippen molar-refractivity contribution in [2.24, 2.45) is 0 Å². The van der Waals surface area contributed by atoms with Gasteiger partial charge in [0.1, 0.15) is 5.76 Å². The van der Waals surface area contributed by atoms with Crippen LogP contribution in [0.1, 0.15) is 44.9 Å². The van der Waals surface area contributed by atoms with Gasteiger partial charge in [0.15, 0.2) is 11.5 Å². The molecule has 0 saturated heterocycles. The molecule has 0 aliphatic carbocycles. The Morgan fingerprint density at radius 2 is 1.82 bits per heavy atom. The van der Waals surface area contributed by atoms with Crippen LogP contribution in [-0.2, 0) is 32.2 Å². The molecule has 0 fully saturated rings. The first-order chi connectivity index (χ1) is 15.9. The fraction of sp³-hybridized carbons (Fsp3) is 0.458. The summed E-state index contributed by atoms with van der Waals surface area (Å²) in [6.07, 6.45) is 1.53. The van der Waals surface area contributed by atoms with E-state index in [9.17, 15) is 14.4 Å². The minimum absolute atomic E-state index is 0.00929. The lowest BCUT2D eigenvalue weighted by Gasteiger charge is -2.30. The molecule has 1 aromatic carbocycles. The van der Waals surface area contributed by atoms with Crippen LogP contribution in [0, 0.1) is 0 Å². The largest absolute Gasteiger partial charge is 0.467 e. The van der Waals surface area contributed by atoms with Gasteiger partial charge in [0.25, 0.3) is 0 Å². The molecule has 1 aliphatic heterocycles. The summed E-state index contributed by atoms with van der Waals surface area (Å²) in [5.74, 6) is 1.00. The van der Waals surface area contributed by atoms with E-state index in [-0.39, 0.29) is 57.2 Å². The molecule has 178 valence electrons. The number of furan rings is 1. The summed E-state index contributed by atoms with van der Waals surface area (Å²) < 4.78 is 21.1. The summed E-state index contributed by atoms with van der Waals surface area (Å²) >= 11 is 0. The quantitative estimate of drug-likeness (QED) is 0.477. The highest BCUT2D eigenvalue weighted by molar-refractivity contribution is 5.86. The molecule has 33 heavy (non-hydrogen) atoms. The number of esters is 1. The van der Waals surface area contributed by atoms with Gasteiger partial charge in [-0.2, -0.15) is 0 Å². The molecule has 1 aliphatic rings. The number of carbonyl (C=O) groups excluding carboxylic acids is 3. The molecule has 3 rings (SSSR count). The molecule has 2 heterocycles. The first-order valence-electron chi connectivity index (χ1n) is 11.0. The number of benzene rings is 1. The van der Waals surface area contributed by atoms with Crippen molar-refractivity contribution < 1.29 is 33.0 Å². The predicted octanol–water partition coefficient (Wildman–Crippen LogP) is 3.12.